The van der Waals surface area contributed by atoms with Crippen molar-refractivity contribution in [2.24, 2.45) is 0 Å². The van der Waals surface area contributed by atoms with E-state index in [-0.39, 0.29) is 17.5 Å². The summed E-state index contributed by atoms with van der Waals surface area (Å²) in [6.45, 7) is 0.623. The Morgan fingerprint density at radius 2 is 1.81 bits per heavy atom. The van der Waals surface area contributed by atoms with Gasteiger partial charge in [0.05, 0.1) is 24.2 Å². The lowest BCUT2D eigenvalue weighted by molar-refractivity contribution is 0.0951. The van der Waals surface area contributed by atoms with Crippen LogP contribution in [-0.4, -0.2) is 40.7 Å². The minimum absolute atomic E-state index is 0.222. The van der Waals surface area contributed by atoms with Gasteiger partial charge in [-0.25, -0.2) is 8.42 Å². The summed E-state index contributed by atoms with van der Waals surface area (Å²) in [4.78, 5) is 12.6. The van der Waals surface area contributed by atoms with Crippen LogP contribution >= 0.6 is 11.6 Å². The molecule has 0 heterocycles. The number of carbonyl (C=O) groups is 1. The fraction of sp³-hybridized carbons (Fsp3) is 0.435. The highest BCUT2D eigenvalue weighted by Crippen LogP contribution is 2.22. The number of rotatable bonds is 10. The van der Waals surface area contributed by atoms with Gasteiger partial charge in [-0.1, -0.05) is 43.0 Å². The number of sulfonamides is 1. The molecule has 3 N–H and O–H groups in total. The molecule has 1 aliphatic carbocycles. The summed E-state index contributed by atoms with van der Waals surface area (Å²) < 4.78 is 32.8. The van der Waals surface area contributed by atoms with E-state index in [1.54, 1.807) is 42.5 Å². The van der Waals surface area contributed by atoms with Crippen LogP contribution in [0.4, 0.5) is 0 Å². The summed E-state index contributed by atoms with van der Waals surface area (Å²) in [5, 5.41) is 6.57. The van der Waals surface area contributed by atoms with Gasteiger partial charge in [-0.15, -0.1) is 0 Å². The van der Waals surface area contributed by atoms with Crippen LogP contribution in [0.25, 0.3) is 0 Å². The first-order valence-electron chi connectivity index (χ1n) is 10.8. The van der Waals surface area contributed by atoms with Crippen LogP contribution in [0.2, 0.25) is 5.02 Å². The van der Waals surface area contributed by atoms with E-state index in [1.165, 1.54) is 26.4 Å². The van der Waals surface area contributed by atoms with Crippen molar-refractivity contribution in [3.05, 3.63) is 58.6 Å². The SMILES string of the molecule is COc1ccc(Cl)cc1C(=O)NCCc1ccc(S(=O)(=O)NCNC2CCCCC2)cc1. The van der Waals surface area contributed by atoms with Gasteiger partial charge in [0.1, 0.15) is 5.75 Å². The van der Waals surface area contributed by atoms with E-state index in [2.05, 4.69) is 15.4 Å². The first-order chi connectivity index (χ1) is 15.4. The van der Waals surface area contributed by atoms with Crippen LogP contribution in [0.5, 0.6) is 5.75 Å². The number of amides is 1. The fourth-order valence-corrected chi connectivity index (χ4v) is 4.89. The van der Waals surface area contributed by atoms with Crippen molar-refractivity contribution < 1.29 is 17.9 Å². The van der Waals surface area contributed by atoms with Crippen LogP contribution in [0.15, 0.2) is 47.4 Å². The average Bonchev–Trinajstić information content (AvgIpc) is 2.80. The molecule has 0 aliphatic heterocycles. The van der Waals surface area contributed by atoms with Gasteiger partial charge in [-0.3, -0.25) is 4.79 Å². The maximum atomic E-state index is 12.5. The van der Waals surface area contributed by atoms with Crippen LogP contribution in [0, 0.1) is 0 Å². The molecule has 1 saturated carbocycles. The monoisotopic (exact) mass is 479 g/mol. The lowest BCUT2D eigenvalue weighted by Crippen LogP contribution is -2.40. The highest BCUT2D eigenvalue weighted by molar-refractivity contribution is 7.89. The number of benzene rings is 2. The van der Waals surface area contributed by atoms with Crippen molar-refractivity contribution in [3.63, 3.8) is 0 Å². The number of ether oxygens (including phenoxy) is 1. The van der Waals surface area contributed by atoms with E-state index in [1.807, 2.05) is 0 Å². The third-order valence-electron chi connectivity index (χ3n) is 5.60. The van der Waals surface area contributed by atoms with Gasteiger partial charge in [-0.2, -0.15) is 4.72 Å². The van der Waals surface area contributed by atoms with Crippen molar-refractivity contribution in [1.29, 1.82) is 0 Å². The molecule has 7 nitrogen and oxygen atoms in total. The average molecular weight is 480 g/mol. The molecule has 0 unspecified atom stereocenters. The minimum atomic E-state index is -3.57. The fourth-order valence-electron chi connectivity index (χ4n) is 3.78. The van der Waals surface area contributed by atoms with E-state index in [0.717, 1.165) is 18.4 Å². The van der Waals surface area contributed by atoms with E-state index < -0.39 is 10.0 Å². The molecule has 32 heavy (non-hydrogen) atoms. The standard InChI is InChI=1S/C23H30ClN3O4S/c1-31-22-12-9-18(24)15-21(22)23(28)25-14-13-17-7-10-20(11-8-17)32(29,30)27-16-26-19-5-3-2-4-6-19/h7-12,15,19,26-27H,2-6,13-14,16H2,1H3,(H,25,28). The predicted octanol–water partition coefficient (Wildman–Crippen LogP) is 3.48. The second-order valence-electron chi connectivity index (χ2n) is 7.86. The lowest BCUT2D eigenvalue weighted by Gasteiger charge is -2.22. The zero-order chi connectivity index (χ0) is 23.0. The van der Waals surface area contributed by atoms with E-state index >= 15 is 0 Å². The third-order valence-corrected chi connectivity index (χ3v) is 7.25. The quantitative estimate of drug-likeness (QED) is 0.453. The molecular weight excluding hydrogens is 450 g/mol. The summed E-state index contributed by atoms with van der Waals surface area (Å²) in [7, 11) is -2.07. The van der Waals surface area contributed by atoms with Gasteiger partial charge in [0.2, 0.25) is 10.0 Å². The van der Waals surface area contributed by atoms with Crippen molar-refractivity contribution in [1.82, 2.24) is 15.4 Å². The normalized spacial score (nSPS) is 14.8. The Balaban J connectivity index is 1.47. The summed E-state index contributed by atoms with van der Waals surface area (Å²) in [6, 6.07) is 11.9. The molecule has 1 aliphatic rings. The summed E-state index contributed by atoms with van der Waals surface area (Å²) >= 11 is 5.98. The molecule has 1 fully saturated rings. The summed E-state index contributed by atoms with van der Waals surface area (Å²) in [5.74, 6) is 0.171. The molecule has 0 bridgehead atoms. The molecule has 0 radical (unpaired) electrons. The Morgan fingerprint density at radius 3 is 2.50 bits per heavy atom. The van der Waals surface area contributed by atoms with Crippen LogP contribution in [0.1, 0.15) is 48.0 Å². The zero-order valence-electron chi connectivity index (χ0n) is 18.2. The van der Waals surface area contributed by atoms with Crippen LogP contribution in [0.3, 0.4) is 0 Å². The number of carbonyl (C=O) groups excluding carboxylic acids is 1. The molecule has 0 aromatic heterocycles. The maximum absolute atomic E-state index is 12.5. The molecule has 2 aromatic carbocycles. The highest BCUT2D eigenvalue weighted by atomic mass is 35.5. The van der Waals surface area contributed by atoms with Gasteiger partial charge >= 0.3 is 0 Å². The predicted molar refractivity (Wildman–Crippen MR) is 126 cm³/mol. The molecular formula is C23H30ClN3O4S. The summed E-state index contributed by atoms with van der Waals surface area (Å²) in [5.41, 5.74) is 1.29. The topological polar surface area (TPSA) is 96.5 Å². The molecule has 2 aromatic rings. The van der Waals surface area contributed by atoms with Gasteiger partial charge < -0.3 is 15.4 Å². The van der Waals surface area contributed by atoms with Crippen molar-refractivity contribution in [2.45, 2.75) is 49.5 Å². The number of nitrogens with one attached hydrogen (secondary N) is 3. The minimum Gasteiger partial charge on any atom is -0.496 e. The second-order valence-corrected chi connectivity index (χ2v) is 10.1. The Kier molecular flexibility index (Phi) is 8.92. The second kappa shape index (κ2) is 11.7. The van der Waals surface area contributed by atoms with Gasteiger partial charge in [0, 0.05) is 17.6 Å². The largest absolute Gasteiger partial charge is 0.496 e. The molecule has 174 valence electrons. The maximum Gasteiger partial charge on any atom is 0.255 e. The first-order valence-corrected chi connectivity index (χ1v) is 12.7. The highest BCUT2D eigenvalue weighted by Gasteiger charge is 2.16. The van der Waals surface area contributed by atoms with Crippen LogP contribution < -0.4 is 20.1 Å². The summed E-state index contributed by atoms with van der Waals surface area (Å²) in [6.07, 6.45) is 6.40. The van der Waals surface area contributed by atoms with Crippen molar-refractivity contribution >= 4 is 27.5 Å². The molecule has 3 rings (SSSR count). The molecule has 1 amide bonds. The van der Waals surface area contributed by atoms with Gasteiger partial charge in [0.25, 0.3) is 5.91 Å². The van der Waals surface area contributed by atoms with Gasteiger partial charge in [-0.05, 0) is 55.2 Å². The molecule has 9 heteroatoms. The smallest absolute Gasteiger partial charge is 0.255 e. The van der Waals surface area contributed by atoms with Crippen molar-refractivity contribution in [2.75, 3.05) is 20.3 Å². The molecule has 0 atom stereocenters. The van der Waals surface area contributed by atoms with E-state index in [4.69, 9.17) is 16.3 Å². The Bertz CT molecular complexity index is 1010. The van der Waals surface area contributed by atoms with Gasteiger partial charge in [0.15, 0.2) is 0 Å². The Morgan fingerprint density at radius 1 is 1.09 bits per heavy atom. The molecule has 0 saturated heterocycles. The van der Waals surface area contributed by atoms with Crippen molar-refractivity contribution in [3.8, 4) is 5.75 Å². The number of hydrogen-bond acceptors (Lipinski definition) is 5. The zero-order valence-corrected chi connectivity index (χ0v) is 19.8. The van der Waals surface area contributed by atoms with E-state index in [0.29, 0.717) is 35.3 Å². The van der Waals surface area contributed by atoms with E-state index in [9.17, 15) is 13.2 Å². The number of hydrogen-bond donors (Lipinski definition) is 3. The first kappa shape index (κ1) is 24.5. The Labute approximate surface area is 194 Å². The molecule has 0 spiro atoms. The third kappa shape index (κ3) is 6.93. The number of halogens is 1. The lowest BCUT2D eigenvalue weighted by atomic mass is 9.96. The number of methoxy groups -OCH3 is 1. The Hall–Kier alpha value is -2.13. The van der Waals surface area contributed by atoms with Crippen LogP contribution in [-0.2, 0) is 16.4 Å².